The van der Waals surface area contributed by atoms with Crippen molar-refractivity contribution in [3.05, 3.63) is 0 Å². The zero-order chi connectivity index (χ0) is 7.02. The summed E-state index contributed by atoms with van der Waals surface area (Å²) in [6.07, 6.45) is -0.231. The van der Waals surface area contributed by atoms with Crippen molar-refractivity contribution < 1.29 is 14.3 Å². The normalized spacial score (nSPS) is 34.9. The van der Waals surface area contributed by atoms with Gasteiger partial charge in [0.1, 0.15) is 6.10 Å². The molecule has 3 heteroatoms. The second kappa shape index (κ2) is 1.83. The number of carbonyl (C=O) groups is 2. The van der Waals surface area contributed by atoms with E-state index in [9.17, 15) is 9.59 Å². The molecule has 0 radical (unpaired) electrons. The van der Waals surface area contributed by atoms with E-state index in [0.29, 0.717) is 0 Å². The third kappa shape index (κ3) is 0.823. The Morgan fingerprint density at radius 3 is 2.00 bits per heavy atom. The van der Waals surface area contributed by atoms with Gasteiger partial charge in [0.05, 0.1) is 5.92 Å². The maximum atomic E-state index is 10.6. The average molecular weight is 128 g/mol. The number of hydrogen-bond acceptors (Lipinski definition) is 3. The lowest BCUT2D eigenvalue weighted by molar-refractivity contribution is -0.148. The molecule has 0 saturated carbocycles. The first-order chi connectivity index (χ1) is 4.13. The minimum Gasteiger partial charge on any atom is -0.456 e. The molecule has 1 rings (SSSR count). The van der Waals surface area contributed by atoms with Crippen LogP contribution in [-0.2, 0) is 14.3 Å². The third-order valence-corrected chi connectivity index (χ3v) is 1.61. The largest absolute Gasteiger partial charge is 0.456 e. The lowest BCUT2D eigenvalue weighted by atomic mass is 10.1. The fourth-order valence-corrected chi connectivity index (χ4v) is 0.728. The fourth-order valence-electron chi connectivity index (χ4n) is 0.728. The molecule has 9 heavy (non-hydrogen) atoms. The number of esters is 1. The van der Waals surface area contributed by atoms with Crippen molar-refractivity contribution in [2.75, 3.05) is 0 Å². The zero-order valence-corrected chi connectivity index (χ0v) is 5.38. The molecular formula is C6H8O3. The van der Waals surface area contributed by atoms with E-state index in [1.54, 1.807) is 13.8 Å². The summed E-state index contributed by atoms with van der Waals surface area (Å²) in [4.78, 5) is 21.1. The topological polar surface area (TPSA) is 43.4 Å². The van der Waals surface area contributed by atoms with Crippen LogP contribution in [0.4, 0.5) is 0 Å². The molecule has 0 spiro atoms. The van der Waals surface area contributed by atoms with Crippen LogP contribution in [0.25, 0.3) is 0 Å². The van der Waals surface area contributed by atoms with Gasteiger partial charge < -0.3 is 4.74 Å². The summed E-state index contributed by atoms with van der Waals surface area (Å²) < 4.78 is 4.60. The Bertz CT molecular complexity index is 162. The summed E-state index contributed by atoms with van der Waals surface area (Å²) in [5.41, 5.74) is 0. The van der Waals surface area contributed by atoms with Crippen LogP contribution < -0.4 is 0 Å². The second-order valence-electron chi connectivity index (χ2n) is 2.26. The van der Waals surface area contributed by atoms with Crippen LogP contribution in [0.3, 0.4) is 0 Å². The Morgan fingerprint density at radius 2 is 1.89 bits per heavy atom. The SMILES string of the molecule is CC1C(=O)C(=O)O[C@H]1C. The summed E-state index contributed by atoms with van der Waals surface area (Å²) in [5.74, 6) is -1.34. The molecule has 3 nitrogen and oxygen atoms in total. The van der Waals surface area contributed by atoms with Gasteiger partial charge >= 0.3 is 5.97 Å². The minimum absolute atomic E-state index is 0.231. The van der Waals surface area contributed by atoms with Crippen LogP contribution in [0, 0.1) is 5.92 Å². The van der Waals surface area contributed by atoms with Crippen molar-refractivity contribution in [3.8, 4) is 0 Å². The average Bonchev–Trinajstić information content (AvgIpc) is 1.98. The van der Waals surface area contributed by atoms with E-state index in [2.05, 4.69) is 4.74 Å². The second-order valence-corrected chi connectivity index (χ2v) is 2.26. The van der Waals surface area contributed by atoms with Crippen LogP contribution >= 0.6 is 0 Å². The molecule has 1 saturated heterocycles. The van der Waals surface area contributed by atoms with Gasteiger partial charge in [-0.3, -0.25) is 4.79 Å². The number of rotatable bonds is 0. The number of cyclic esters (lactones) is 1. The molecule has 0 bridgehead atoms. The van der Waals surface area contributed by atoms with Crippen molar-refractivity contribution in [2.45, 2.75) is 20.0 Å². The summed E-state index contributed by atoms with van der Waals surface area (Å²) >= 11 is 0. The van der Waals surface area contributed by atoms with Gasteiger partial charge in [-0.15, -0.1) is 0 Å². The zero-order valence-electron chi connectivity index (χ0n) is 5.38. The van der Waals surface area contributed by atoms with Gasteiger partial charge in [0.15, 0.2) is 0 Å². The van der Waals surface area contributed by atoms with Crippen LogP contribution in [0.5, 0.6) is 0 Å². The Labute approximate surface area is 53.0 Å². The van der Waals surface area contributed by atoms with Gasteiger partial charge in [-0.2, -0.15) is 0 Å². The van der Waals surface area contributed by atoms with Crippen LogP contribution in [0.1, 0.15) is 13.8 Å². The number of Topliss-reactive ketones (excluding diaryl/α,β-unsaturated/α-hetero) is 1. The molecule has 50 valence electrons. The molecule has 1 aliphatic rings. The smallest absolute Gasteiger partial charge is 0.375 e. The van der Waals surface area contributed by atoms with Gasteiger partial charge in [-0.1, -0.05) is 6.92 Å². The molecular weight excluding hydrogens is 120 g/mol. The molecule has 0 aromatic carbocycles. The van der Waals surface area contributed by atoms with Crippen LogP contribution in [0.2, 0.25) is 0 Å². The van der Waals surface area contributed by atoms with Crippen molar-refractivity contribution in [1.29, 1.82) is 0 Å². The van der Waals surface area contributed by atoms with E-state index in [-0.39, 0.29) is 12.0 Å². The standard InChI is InChI=1S/C6H8O3/c1-3-4(2)9-6(8)5(3)7/h3-4H,1-2H3/t3?,4-/m0/s1. The highest BCUT2D eigenvalue weighted by Crippen LogP contribution is 2.16. The van der Waals surface area contributed by atoms with Gasteiger partial charge in [0.2, 0.25) is 5.78 Å². The molecule has 0 aromatic rings. The van der Waals surface area contributed by atoms with E-state index in [1.165, 1.54) is 0 Å². The van der Waals surface area contributed by atoms with Crippen molar-refractivity contribution >= 4 is 11.8 Å². The molecule has 0 amide bonds. The van der Waals surface area contributed by atoms with E-state index in [4.69, 9.17) is 0 Å². The first-order valence-corrected chi connectivity index (χ1v) is 2.87. The monoisotopic (exact) mass is 128 g/mol. The number of ketones is 1. The summed E-state index contributed by atoms with van der Waals surface area (Å²) in [6.45, 7) is 3.41. The lowest BCUT2D eigenvalue weighted by Gasteiger charge is -2.01. The summed E-state index contributed by atoms with van der Waals surface area (Å²) in [7, 11) is 0. The summed E-state index contributed by atoms with van der Waals surface area (Å²) in [5, 5.41) is 0. The number of ether oxygens (including phenoxy) is 1. The highest BCUT2D eigenvalue weighted by molar-refractivity contribution is 6.36. The minimum atomic E-state index is -0.685. The van der Waals surface area contributed by atoms with Crippen molar-refractivity contribution in [3.63, 3.8) is 0 Å². The quantitative estimate of drug-likeness (QED) is 0.344. The van der Waals surface area contributed by atoms with Crippen molar-refractivity contribution in [2.24, 2.45) is 5.92 Å². The first kappa shape index (κ1) is 6.26. The van der Waals surface area contributed by atoms with E-state index < -0.39 is 11.8 Å². The Morgan fingerprint density at radius 1 is 1.33 bits per heavy atom. The predicted octanol–water partition coefficient (Wildman–Crippen LogP) is 0.137. The van der Waals surface area contributed by atoms with Crippen LogP contribution in [-0.4, -0.2) is 17.9 Å². The third-order valence-electron chi connectivity index (χ3n) is 1.61. The van der Waals surface area contributed by atoms with Crippen molar-refractivity contribution in [1.82, 2.24) is 0 Å². The molecule has 0 N–H and O–H groups in total. The lowest BCUT2D eigenvalue weighted by Crippen LogP contribution is -2.13. The highest BCUT2D eigenvalue weighted by Gasteiger charge is 2.37. The Balaban J connectivity index is 2.77. The van der Waals surface area contributed by atoms with Gasteiger partial charge in [0, 0.05) is 0 Å². The molecule has 0 aliphatic carbocycles. The molecule has 2 atom stereocenters. The Hall–Kier alpha value is -0.860. The molecule has 1 fully saturated rings. The predicted molar refractivity (Wildman–Crippen MR) is 29.7 cm³/mol. The Kier molecular flexibility index (Phi) is 1.27. The first-order valence-electron chi connectivity index (χ1n) is 2.87. The van der Waals surface area contributed by atoms with Gasteiger partial charge in [0.25, 0.3) is 0 Å². The molecule has 1 aliphatic heterocycles. The molecule has 1 heterocycles. The van der Waals surface area contributed by atoms with E-state index in [1.807, 2.05) is 0 Å². The maximum Gasteiger partial charge on any atom is 0.375 e. The van der Waals surface area contributed by atoms with E-state index >= 15 is 0 Å². The number of carbonyl (C=O) groups excluding carboxylic acids is 2. The van der Waals surface area contributed by atoms with Gasteiger partial charge in [-0.05, 0) is 6.92 Å². The highest BCUT2D eigenvalue weighted by atomic mass is 16.6. The fraction of sp³-hybridized carbons (Fsp3) is 0.667. The van der Waals surface area contributed by atoms with Crippen LogP contribution in [0.15, 0.2) is 0 Å². The van der Waals surface area contributed by atoms with Gasteiger partial charge in [-0.25, -0.2) is 4.79 Å². The number of hydrogen-bond donors (Lipinski definition) is 0. The molecule has 1 unspecified atom stereocenters. The molecule has 0 aromatic heterocycles. The maximum absolute atomic E-state index is 10.6. The van der Waals surface area contributed by atoms with E-state index in [0.717, 1.165) is 0 Å². The summed E-state index contributed by atoms with van der Waals surface area (Å²) in [6, 6.07) is 0.